The van der Waals surface area contributed by atoms with Crippen molar-refractivity contribution in [2.75, 3.05) is 7.11 Å². The highest BCUT2D eigenvalue weighted by Gasteiger charge is 2.14. The number of hydrogen-bond acceptors (Lipinski definition) is 5. The molecule has 0 bridgehead atoms. The van der Waals surface area contributed by atoms with Gasteiger partial charge in [-0.2, -0.15) is 0 Å². The highest BCUT2D eigenvalue weighted by atomic mass is 16.5. The zero-order valence-corrected chi connectivity index (χ0v) is 15.8. The second kappa shape index (κ2) is 9.35. The molecule has 144 valence electrons. The van der Waals surface area contributed by atoms with Gasteiger partial charge in [0, 0.05) is 20.0 Å². The lowest BCUT2D eigenvalue weighted by atomic mass is 10.1. The van der Waals surface area contributed by atoms with Crippen LogP contribution in [0.25, 0.3) is 11.2 Å². The molecule has 0 unspecified atom stereocenters. The SMILES string of the molecule is COC(=O)CCCCCCCCCn1c(C)nc2c1c(=O)[nH]c(=O)n2C. The fourth-order valence-electron chi connectivity index (χ4n) is 3.14. The van der Waals surface area contributed by atoms with Gasteiger partial charge in [0.05, 0.1) is 7.11 Å². The number of ether oxygens (including phenoxy) is 1. The number of nitrogens with zero attached hydrogens (tertiary/aromatic N) is 3. The maximum Gasteiger partial charge on any atom is 0.329 e. The summed E-state index contributed by atoms with van der Waals surface area (Å²) < 4.78 is 7.88. The second-order valence-electron chi connectivity index (χ2n) is 6.60. The van der Waals surface area contributed by atoms with Crippen LogP contribution in [0.15, 0.2) is 9.59 Å². The minimum absolute atomic E-state index is 0.139. The van der Waals surface area contributed by atoms with E-state index in [1.165, 1.54) is 11.7 Å². The summed E-state index contributed by atoms with van der Waals surface area (Å²) in [5, 5.41) is 0. The molecule has 0 fully saturated rings. The van der Waals surface area contributed by atoms with E-state index < -0.39 is 5.69 Å². The van der Waals surface area contributed by atoms with Crippen molar-refractivity contribution in [3.8, 4) is 0 Å². The number of rotatable bonds is 10. The van der Waals surface area contributed by atoms with E-state index in [-0.39, 0.29) is 11.5 Å². The van der Waals surface area contributed by atoms with Crippen LogP contribution < -0.4 is 11.2 Å². The number of aryl methyl sites for hydroxylation is 3. The van der Waals surface area contributed by atoms with Crippen molar-refractivity contribution in [2.24, 2.45) is 7.05 Å². The molecule has 0 radical (unpaired) electrons. The minimum Gasteiger partial charge on any atom is -0.469 e. The van der Waals surface area contributed by atoms with E-state index >= 15 is 0 Å². The molecule has 2 aromatic rings. The van der Waals surface area contributed by atoms with Gasteiger partial charge in [0.2, 0.25) is 0 Å². The Kier molecular flexibility index (Phi) is 7.17. The Morgan fingerprint density at radius 3 is 2.35 bits per heavy atom. The molecule has 0 saturated carbocycles. The highest BCUT2D eigenvalue weighted by Crippen LogP contribution is 2.13. The molecule has 0 aliphatic rings. The molecule has 2 heterocycles. The molecule has 0 aliphatic carbocycles. The van der Waals surface area contributed by atoms with Gasteiger partial charge in [-0.1, -0.05) is 32.1 Å². The number of unbranched alkanes of at least 4 members (excludes halogenated alkanes) is 6. The Balaban J connectivity index is 1.78. The average Bonchev–Trinajstić information content (AvgIpc) is 2.95. The van der Waals surface area contributed by atoms with Crippen molar-refractivity contribution in [3.63, 3.8) is 0 Å². The van der Waals surface area contributed by atoms with Crippen molar-refractivity contribution in [1.82, 2.24) is 19.1 Å². The van der Waals surface area contributed by atoms with Crippen LogP contribution in [0, 0.1) is 6.92 Å². The number of aromatic nitrogens is 4. The standard InChI is InChI=1S/C18H28N4O4/c1-13-19-16-15(17(24)20-18(25)21(16)2)22(13)12-10-8-6-4-5-7-9-11-14(23)26-3/h4-12H2,1-3H3,(H,20,24,25). The number of fused-ring (bicyclic) bond motifs is 1. The van der Waals surface area contributed by atoms with Gasteiger partial charge >= 0.3 is 11.7 Å². The number of nitrogens with one attached hydrogen (secondary N) is 1. The number of carbonyl (C=O) groups is 1. The van der Waals surface area contributed by atoms with Crippen molar-refractivity contribution in [2.45, 2.75) is 64.8 Å². The van der Waals surface area contributed by atoms with Gasteiger partial charge in [-0.3, -0.25) is 19.1 Å². The van der Waals surface area contributed by atoms with Crippen LogP contribution in [-0.4, -0.2) is 32.2 Å². The summed E-state index contributed by atoms with van der Waals surface area (Å²) in [6.45, 7) is 2.57. The average molecular weight is 364 g/mol. The van der Waals surface area contributed by atoms with Crippen LogP contribution >= 0.6 is 0 Å². The molecule has 0 aliphatic heterocycles. The Labute approximate surface area is 152 Å². The van der Waals surface area contributed by atoms with Gasteiger partial charge in [-0.05, 0) is 19.8 Å². The van der Waals surface area contributed by atoms with Crippen molar-refractivity contribution in [1.29, 1.82) is 0 Å². The fraction of sp³-hybridized carbons (Fsp3) is 0.667. The zero-order chi connectivity index (χ0) is 19.1. The second-order valence-corrected chi connectivity index (χ2v) is 6.60. The van der Waals surface area contributed by atoms with Crippen molar-refractivity contribution >= 4 is 17.1 Å². The fourth-order valence-corrected chi connectivity index (χ4v) is 3.14. The third kappa shape index (κ3) is 4.83. The van der Waals surface area contributed by atoms with E-state index in [9.17, 15) is 14.4 Å². The predicted octanol–water partition coefficient (Wildman–Crippen LogP) is 2.03. The van der Waals surface area contributed by atoms with Crippen LogP contribution in [0.2, 0.25) is 0 Å². The summed E-state index contributed by atoms with van der Waals surface area (Å²) in [6, 6.07) is 0. The quantitative estimate of drug-likeness (QED) is 0.514. The molecule has 0 saturated heterocycles. The number of hydrogen-bond donors (Lipinski definition) is 1. The minimum atomic E-state index is -0.445. The molecule has 2 aromatic heterocycles. The molecule has 0 atom stereocenters. The lowest BCUT2D eigenvalue weighted by Crippen LogP contribution is -2.29. The van der Waals surface area contributed by atoms with E-state index in [1.807, 2.05) is 11.5 Å². The Hall–Kier alpha value is -2.38. The molecule has 8 nitrogen and oxygen atoms in total. The monoisotopic (exact) mass is 364 g/mol. The number of esters is 1. The number of aromatic amines is 1. The summed E-state index contributed by atoms with van der Waals surface area (Å²) in [5.41, 5.74) is 0.0721. The van der Waals surface area contributed by atoms with Crippen LogP contribution in [0.1, 0.15) is 57.2 Å². The number of methoxy groups -OCH3 is 1. The van der Waals surface area contributed by atoms with Gasteiger partial charge in [0.1, 0.15) is 5.82 Å². The van der Waals surface area contributed by atoms with E-state index in [0.717, 1.165) is 50.8 Å². The van der Waals surface area contributed by atoms with Gasteiger partial charge < -0.3 is 9.30 Å². The van der Waals surface area contributed by atoms with E-state index in [0.29, 0.717) is 24.1 Å². The Morgan fingerprint density at radius 1 is 1.08 bits per heavy atom. The van der Waals surface area contributed by atoms with Crippen LogP contribution in [0.4, 0.5) is 0 Å². The van der Waals surface area contributed by atoms with E-state index in [4.69, 9.17) is 0 Å². The van der Waals surface area contributed by atoms with Gasteiger partial charge in [-0.15, -0.1) is 0 Å². The predicted molar refractivity (Wildman–Crippen MR) is 99.3 cm³/mol. The van der Waals surface area contributed by atoms with Crippen LogP contribution in [-0.2, 0) is 23.1 Å². The number of carbonyl (C=O) groups excluding carboxylic acids is 1. The molecule has 26 heavy (non-hydrogen) atoms. The number of imidazole rings is 1. The molecule has 0 aromatic carbocycles. The topological polar surface area (TPSA) is 99.0 Å². The third-order valence-corrected chi connectivity index (χ3v) is 4.69. The first-order chi connectivity index (χ1) is 12.5. The van der Waals surface area contributed by atoms with Crippen molar-refractivity contribution < 1.29 is 9.53 Å². The Bertz CT molecular complexity index is 862. The maximum atomic E-state index is 12.1. The highest BCUT2D eigenvalue weighted by molar-refractivity contribution is 5.70. The third-order valence-electron chi connectivity index (χ3n) is 4.69. The maximum absolute atomic E-state index is 12.1. The first-order valence-electron chi connectivity index (χ1n) is 9.18. The van der Waals surface area contributed by atoms with Crippen LogP contribution in [0.5, 0.6) is 0 Å². The molecule has 8 heteroatoms. The summed E-state index contributed by atoms with van der Waals surface area (Å²) >= 11 is 0. The van der Waals surface area contributed by atoms with Crippen LogP contribution in [0.3, 0.4) is 0 Å². The Morgan fingerprint density at radius 2 is 1.69 bits per heavy atom. The molecular formula is C18H28N4O4. The molecular weight excluding hydrogens is 336 g/mol. The zero-order valence-electron chi connectivity index (χ0n) is 15.8. The molecule has 1 N–H and O–H groups in total. The molecule has 2 rings (SSSR count). The molecule has 0 amide bonds. The molecule has 0 spiro atoms. The van der Waals surface area contributed by atoms with E-state index in [1.54, 1.807) is 7.05 Å². The first kappa shape index (κ1) is 19.9. The smallest absolute Gasteiger partial charge is 0.329 e. The lowest BCUT2D eigenvalue weighted by Gasteiger charge is -2.06. The summed E-state index contributed by atoms with van der Waals surface area (Å²) in [6.07, 6.45) is 7.83. The largest absolute Gasteiger partial charge is 0.469 e. The summed E-state index contributed by atoms with van der Waals surface area (Å²) in [4.78, 5) is 41.5. The number of H-pyrrole nitrogens is 1. The van der Waals surface area contributed by atoms with E-state index in [2.05, 4.69) is 14.7 Å². The first-order valence-corrected chi connectivity index (χ1v) is 9.18. The normalized spacial score (nSPS) is 11.2. The van der Waals surface area contributed by atoms with Gasteiger partial charge in [0.25, 0.3) is 5.56 Å². The summed E-state index contributed by atoms with van der Waals surface area (Å²) in [7, 11) is 3.03. The summed E-state index contributed by atoms with van der Waals surface area (Å²) in [5.74, 6) is 0.606. The van der Waals surface area contributed by atoms with Gasteiger partial charge in [-0.25, -0.2) is 9.78 Å². The lowest BCUT2D eigenvalue weighted by molar-refractivity contribution is -0.140. The van der Waals surface area contributed by atoms with Crippen molar-refractivity contribution in [3.05, 3.63) is 26.7 Å². The van der Waals surface area contributed by atoms with Gasteiger partial charge in [0.15, 0.2) is 11.2 Å².